The highest BCUT2D eigenvalue weighted by atomic mass is 32.1. The fourth-order valence-corrected chi connectivity index (χ4v) is 2.51. The van der Waals surface area contributed by atoms with Gasteiger partial charge in [-0.3, -0.25) is 0 Å². The highest BCUT2D eigenvalue weighted by Gasteiger charge is 2.12. The van der Waals surface area contributed by atoms with Gasteiger partial charge < -0.3 is 14.6 Å². The maximum absolute atomic E-state index is 10.6. The molecule has 102 valence electrons. The van der Waals surface area contributed by atoms with Crippen LogP contribution in [0.4, 0.5) is 0 Å². The number of nitrogens with zero attached hydrogens (tertiary/aromatic N) is 1. The third-order valence-electron chi connectivity index (χ3n) is 2.15. The summed E-state index contributed by atoms with van der Waals surface area (Å²) >= 11 is 1.10. The van der Waals surface area contributed by atoms with E-state index in [2.05, 4.69) is 24.6 Å². The molecule has 18 heavy (non-hydrogen) atoms. The van der Waals surface area contributed by atoms with Crippen molar-refractivity contribution >= 4 is 25.4 Å². The number of carbonyl (C=O) groups is 1. The van der Waals surface area contributed by atoms with Crippen LogP contribution >= 0.6 is 11.3 Å². The Labute approximate surface area is 112 Å². The lowest BCUT2D eigenvalue weighted by molar-refractivity contribution is -0.0581. The minimum atomic E-state index is -1.05. The van der Waals surface area contributed by atoms with Gasteiger partial charge in [-0.25, -0.2) is 9.78 Å². The average Bonchev–Trinajstić information content (AvgIpc) is 2.70. The first-order valence-electron chi connectivity index (χ1n) is 5.72. The van der Waals surface area contributed by atoms with Crippen LogP contribution in [-0.2, 0) is 16.1 Å². The molecule has 1 rings (SSSR count). The van der Waals surface area contributed by atoms with Gasteiger partial charge in [-0.1, -0.05) is 19.6 Å². The maximum Gasteiger partial charge on any atom is 0.365 e. The summed E-state index contributed by atoms with van der Waals surface area (Å²) in [6.45, 7) is 8.11. The standard InChI is InChI=1S/C11H19NO4SSi/c1-18(2,3)5-4-15-8-16-6-9-7-17-10(12-9)11(13)14/h7H,4-6,8H2,1-3H3,(H,13,14). The summed E-state index contributed by atoms with van der Waals surface area (Å²) in [5.41, 5.74) is 0.631. The largest absolute Gasteiger partial charge is 0.476 e. The Morgan fingerprint density at radius 2 is 2.17 bits per heavy atom. The van der Waals surface area contributed by atoms with E-state index < -0.39 is 14.0 Å². The molecule has 1 aromatic heterocycles. The van der Waals surface area contributed by atoms with Crippen LogP contribution in [0, 0.1) is 0 Å². The predicted octanol–water partition coefficient (Wildman–Crippen LogP) is 2.67. The van der Waals surface area contributed by atoms with Gasteiger partial charge in [-0.05, 0) is 6.04 Å². The summed E-state index contributed by atoms with van der Waals surface area (Å²) < 4.78 is 10.6. The number of carboxylic acids is 1. The zero-order valence-corrected chi connectivity index (χ0v) is 12.7. The van der Waals surface area contributed by atoms with Crippen molar-refractivity contribution in [1.82, 2.24) is 4.98 Å². The minimum Gasteiger partial charge on any atom is -0.476 e. The van der Waals surface area contributed by atoms with E-state index in [1.165, 1.54) is 0 Å². The van der Waals surface area contributed by atoms with Gasteiger partial charge in [0.05, 0.1) is 12.3 Å². The normalized spacial score (nSPS) is 11.7. The predicted molar refractivity (Wildman–Crippen MR) is 72.8 cm³/mol. The number of hydrogen-bond acceptors (Lipinski definition) is 5. The second-order valence-corrected chi connectivity index (χ2v) is 11.6. The lowest BCUT2D eigenvalue weighted by Crippen LogP contribution is -2.22. The Bertz CT molecular complexity index is 389. The monoisotopic (exact) mass is 289 g/mol. The highest BCUT2D eigenvalue weighted by Crippen LogP contribution is 2.11. The summed E-state index contributed by atoms with van der Waals surface area (Å²) in [7, 11) is -1.05. The fraction of sp³-hybridized carbons (Fsp3) is 0.636. The molecule has 0 aliphatic rings. The zero-order chi connectivity index (χ0) is 13.6. The van der Waals surface area contributed by atoms with Crippen molar-refractivity contribution in [2.45, 2.75) is 32.3 Å². The summed E-state index contributed by atoms with van der Waals surface area (Å²) in [6.07, 6.45) is 0. The van der Waals surface area contributed by atoms with Gasteiger partial charge in [0.1, 0.15) is 6.79 Å². The number of hydrogen-bond donors (Lipinski definition) is 1. The van der Waals surface area contributed by atoms with E-state index >= 15 is 0 Å². The quantitative estimate of drug-likeness (QED) is 0.453. The van der Waals surface area contributed by atoms with Gasteiger partial charge in [-0.2, -0.15) is 0 Å². The molecular weight excluding hydrogens is 270 g/mol. The van der Waals surface area contributed by atoms with Gasteiger partial charge >= 0.3 is 5.97 Å². The van der Waals surface area contributed by atoms with Gasteiger partial charge in [0.25, 0.3) is 0 Å². The second kappa shape index (κ2) is 6.98. The molecule has 0 saturated carbocycles. The molecule has 1 aromatic rings. The third kappa shape index (κ3) is 6.25. The van der Waals surface area contributed by atoms with Crippen molar-refractivity contribution in [3.8, 4) is 0 Å². The molecule has 0 unspecified atom stereocenters. The van der Waals surface area contributed by atoms with Gasteiger partial charge in [-0.15, -0.1) is 11.3 Å². The Morgan fingerprint density at radius 1 is 1.44 bits per heavy atom. The molecular formula is C11H19NO4SSi. The van der Waals surface area contributed by atoms with Gasteiger partial charge in [0, 0.05) is 20.1 Å². The molecule has 0 atom stereocenters. The van der Waals surface area contributed by atoms with Crippen LogP contribution in [-0.4, -0.2) is 37.5 Å². The van der Waals surface area contributed by atoms with E-state index in [0.29, 0.717) is 12.3 Å². The van der Waals surface area contributed by atoms with Crippen LogP contribution < -0.4 is 0 Å². The van der Waals surface area contributed by atoms with Crippen molar-refractivity contribution in [3.63, 3.8) is 0 Å². The van der Waals surface area contributed by atoms with Crippen molar-refractivity contribution in [2.24, 2.45) is 0 Å². The van der Waals surface area contributed by atoms with Crippen molar-refractivity contribution in [3.05, 3.63) is 16.1 Å². The molecule has 1 heterocycles. The first kappa shape index (κ1) is 15.3. The molecule has 0 aliphatic carbocycles. The van der Waals surface area contributed by atoms with E-state index in [9.17, 15) is 4.79 Å². The van der Waals surface area contributed by atoms with Crippen molar-refractivity contribution < 1.29 is 19.4 Å². The first-order valence-corrected chi connectivity index (χ1v) is 10.3. The summed E-state index contributed by atoms with van der Waals surface area (Å²) in [5.74, 6) is -1.00. The molecule has 0 fully saturated rings. The lowest BCUT2D eigenvalue weighted by atomic mass is 10.5. The number of thiazole rings is 1. The number of carboxylic acid groups (broad SMARTS) is 1. The maximum atomic E-state index is 10.6. The molecule has 0 aromatic carbocycles. The van der Waals surface area contributed by atoms with Crippen molar-refractivity contribution in [1.29, 1.82) is 0 Å². The van der Waals surface area contributed by atoms with E-state index in [-0.39, 0.29) is 18.4 Å². The minimum absolute atomic E-state index is 0.0910. The summed E-state index contributed by atoms with van der Waals surface area (Å²) in [6, 6.07) is 1.11. The molecule has 0 aliphatic heterocycles. The van der Waals surface area contributed by atoms with Crippen LogP contribution in [0.25, 0.3) is 0 Å². The van der Waals surface area contributed by atoms with Crippen LogP contribution in [0.1, 0.15) is 15.5 Å². The Balaban J connectivity index is 2.12. The van der Waals surface area contributed by atoms with Crippen LogP contribution in [0.5, 0.6) is 0 Å². The average molecular weight is 289 g/mol. The first-order chi connectivity index (χ1) is 8.38. The summed E-state index contributed by atoms with van der Waals surface area (Å²) in [4.78, 5) is 14.5. The van der Waals surface area contributed by atoms with E-state index in [4.69, 9.17) is 14.6 Å². The Morgan fingerprint density at radius 3 is 2.72 bits per heavy atom. The molecule has 0 bridgehead atoms. The molecule has 0 amide bonds. The number of rotatable bonds is 8. The Kier molecular flexibility index (Phi) is 5.93. The number of aromatic carboxylic acids is 1. The molecule has 1 N–H and O–H groups in total. The van der Waals surface area contributed by atoms with Gasteiger partial charge in [0.2, 0.25) is 5.01 Å². The van der Waals surface area contributed by atoms with E-state index in [0.717, 1.165) is 17.4 Å². The van der Waals surface area contributed by atoms with E-state index in [1.807, 2.05) is 0 Å². The molecule has 0 spiro atoms. The molecule has 7 heteroatoms. The molecule has 0 radical (unpaired) electrons. The summed E-state index contributed by atoms with van der Waals surface area (Å²) in [5, 5.41) is 10.5. The van der Waals surface area contributed by atoms with Crippen LogP contribution in [0.2, 0.25) is 25.7 Å². The molecule has 0 saturated heterocycles. The number of aromatic nitrogens is 1. The second-order valence-electron chi connectivity index (χ2n) is 5.13. The van der Waals surface area contributed by atoms with Gasteiger partial charge in [0.15, 0.2) is 0 Å². The topological polar surface area (TPSA) is 68.7 Å². The van der Waals surface area contributed by atoms with Crippen LogP contribution in [0.3, 0.4) is 0 Å². The molecule has 5 nitrogen and oxygen atoms in total. The van der Waals surface area contributed by atoms with E-state index in [1.54, 1.807) is 5.38 Å². The van der Waals surface area contributed by atoms with Crippen LogP contribution in [0.15, 0.2) is 5.38 Å². The fourth-order valence-electron chi connectivity index (χ4n) is 1.11. The highest BCUT2D eigenvalue weighted by molar-refractivity contribution is 7.11. The zero-order valence-electron chi connectivity index (χ0n) is 10.9. The smallest absolute Gasteiger partial charge is 0.365 e. The SMILES string of the molecule is C[Si](C)(C)CCOCOCc1csc(C(=O)O)n1. The van der Waals surface area contributed by atoms with Crippen molar-refractivity contribution in [2.75, 3.05) is 13.4 Å². The number of ether oxygens (including phenoxy) is 2. The lowest BCUT2D eigenvalue weighted by Gasteiger charge is -2.15. The Hall–Kier alpha value is -0.763. The third-order valence-corrected chi connectivity index (χ3v) is 4.73.